The van der Waals surface area contributed by atoms with Gasteiger partial charge in [-0.3, -0.25) is 0 Å². The predicted molar refractivity (Wildman–Crippen MR) is 72.5 cm³/mol. The fourth-order valence-electron chi connectivity index (χ4n) is 1.94. The fourth-order valence-corrected chi connectivity index (χ4v) is 1.94. The molecule has 0 saturated carbocycles. The van der Waals surface area contributed by atoms with Crippen LogP contribution < -0.4 is 4.74 Å². The molecule has 0 fully saturated rings. The first-order valence-corrected chi connectivity index (χ1v) is 5.93. The molecule has 3 aromatic rings. The Bertz CT molecular complexity index is 741. The van der Waals surface area contributed by atoms with Crippen molar-refractivity contribution in [3.05, 3.63) is 54.2 Å². The van der Waals surface area contributed by atoms with Crippen molar-refractivity contribution in [2.24, 2.45) is 0 Å². The highest BCUT2D eigenvalue weighted by Gasteiger charge is 2.10. The lowest BCUT2D eigenvalue weighted by Gasteiger charge is -2.09. The maximum absolute atomic E-state index is 9.73. The number of hydrogen-bond donors (Lipinski definition) is 1. The molecule has 0 saturated heterocycles. The summed E-state index contributed by atoms with van der Waals surface area (Å²) in [6.07, 6.45) is 0. The third-order valence-corrected chi connectivity index (χ3v) is 2.91. The van der Waals surface area contributed by atoms with E-state index in [0.717, 1.165) is 16.5 Å². The first-order chi connectivity index (χ1) is 9.25. The monoisotopic (exact) mass is 252 g/mol. The van der Waals surface area contributed by atoms with Gasteiger partial charge >= 0.3 is 0 Å². The Balaban J connectivity index is 2.12. The molecule has 0 aliphatic heterocycles. The van der Waals surface area contributed by atoms with E-state index < -0.39 is 0 Å². The molecule has 0 aliphatic carbocycles. The molecule has 0 atom stereocenters. The van der Waals surface area contributed by atoms with Crippen LogP contribution in [0.25, 0.3) is 10.8 Å². The maximum atomic E-state index is 9.73. The summed E-state index contributed by atoms with van der Waals surface area (Å²) in [5, 5.41) is 19.7. The first-order valence-electron chi connectivity index (χ1n) is 5.93. The van der Waals surface area contributed by atoms with Crippen molar-refractivity contribution in [1.29, 1.82) is 0 Å². The number of ether oxygens (including phenoxy) is 1. The minimum atomic E-state index is 0.0777. The number of hydrogen-bond acceptors (Lipinski definition) is 4. The zero-order valence-corrected chi connectivity index (χ0v) is 10.4. The second-order valence-electron chi connectivity index (χ2n) is 4.21. The van der Waals surface area contributed by atoms with Gasteiger partial charge in [0.15, 0.2) is 11.5 Å². The number of benzene rings is 2. The molecule has 0 amide bonds. The van der Waals surface area contributed by atoms with Gasteiger partial charge in [0.1, 0.15) is 0 Å². The molecular weight excluding hydrogens is 240 g/mol. The SMILES string of the molecule is Cc1nnc(Oc2ccccc2O)c2ccccc12. The summed E-state index contributed by atoms with van der Waals surface area (Å²) in [7, 11) is 0. The molecule has 19 heavy (non-hydrogen) atoms. The lowest BCUT2D eigenvalue weighted by Crippen LogP contribution is -1.95. The Morgan fingerprint density at radius 3 is 2.37 bits per heavy atom. The van der Waals surface area contributed by atoms with E-state index in [1.165, 1.54) is 0 Å². The number of phenolic OH excluding ortho intramolecular Hbond substituents is 1. The molecule has 0 bridgehead atoms. The zero-order valence-electron chi connectivity index (χ0n) is 10.4. The summed E-state index contributed by atoms with van der Waals surface area (Å²) in [5.74, 6) is 0.836. The van der Waals surface area contributed by atoms with Crippen molar-refractivity contribution < 1.29 is 9.84 Å². The van der Waals surface area contributed by atoms with Gasteiger partial charge in [-0.25, -0.2) is 0 Å². The molecule has 0 spiro atoms. The Hall–Kier alpha value is -2.62. The number of aryl methyl sites for hydroxylation is 1. The molecule has 1 N–H and O–H groups in total. The van der Waals surface area contributed by atoms with Crippen LogP contribution in [0.4, 0.5) is 0 Å². The number of fused-ring (bicyclic) bond motifs is 1. The van der Waals surface area contributed by atoms with Gasteiger partial charge in [-0.1, -0.05) is 30.3 Å². The molecular formula is C15H12N2O2. The summed E-state index contributed by atoms with van der Waals surface area (Å²) in [5.41, 5.74) is 0.847. The van der Waals surface area contributed by atoms with Gasteiger partial charge in [0.05, 0.1) is 5.69 Å². The zero-order chi connectivity index (χ0) is 13.2. The van der Waals surface area contributed by atoms with Gasteiger partial charge in [0.2, 0.25) is 5.88 Å². The Kier molecular flexibility index (Phi) is 2.76. The van der Waals surface area contributed by atoms with Crippen molar-refractivity contribution in [2.75, 3.05) is 0 Å². The second kappa shape index (κ2) is 4.57. The summed E-state index contributed by atoms with van der Waals surface area (Å²) in [6.45, 7) is 1.90. The van der Waals surface area contributed by atoms with E-state index in [4.69, 9.17) is 4.74 Å². The minimum absolute atomic E-state index is 0.0777. The molecule has 0 radical (unpaired) electrons. The van der Waals surface area contributed by atoms with Crippen LogP contribution in [0.15, 0.2) is 48.5 Å². The maximum Gasteiger partial charge on any atom is 0.246 e. The number of rotatable bonds is 2. The molecule has 4 heteroatoms. The standard InChI is InChI=1S/C15H12N2O2/c1-10-11-6-2-3-7-12(11)15(17-16-10)19-14-9-5-4-8-13(14)18/h2-9,18H,1H3. The highest BCUT2D eigenvalue weighted by Crippen LogP contribution is 2.32. The van der Waals surface area contributed by atoms with Crippen molar-refractivity contribution in [1.82, 2.24) is 10.2 Å². The van der Waals surface area contributed by atoms with Gasteiger partial charge in [-0.2, -0.15) is 5.10 Å². The summed E-state index contributed by atoms with van der Waals surface area (Å²) in [6, 6.07) is 14.5. The van der Waals surface area contributed by atoms with Crippen molar-refractivity contribution in [3.63, 3.8) is 0 Å². The molecule has 2 aromatic carbocycles. The summed E-state index contributed by atoms with van der Waals surface area (Å²) in [4.78, 5) is 0. The second-order valence-corrected chi connectivity index (χ2v) is 4.21. The molecule has 3 rings (SSSR count). The Morgan fingerprint density at radius 2 is 1.58 bits per heavy atom. The van der Waals surface area contributed by atoms with E-state index in [1.54, 1.807) is 24.3 Å². The fraction of sp³-hybridized carbons (Fsp3) is 0.0667. The van der Waals surface area contributed by atoms with Gasteiger partial charge < -0.3 is 9.84 Å². The topological polar surface area (TPSA) is 55.2 Å². The van der Waals surface area contributed by atoms with Gasteiger partial charge in [-0.15, -0.1) is 5.10 Å². The van der Waals surface area contributed by atoms with Crippen LogP contribution in [0.5, 0.6) is 17.4 Å². The third-order valence-electron chi connectivity index (χ3n) is 2.91. The average molecular weight is 252 g/mol. The molecule has 1 heterocycles. The summed E-state index contributed by atoms with van der Waals surface area (Å²) < 4.78 is 5.65. The molecule has 0 unspecified atom stereocenters. The van der Waals surface area contributed by atoms with Crippen LogP contribution in [0.3, 0.4) is 0 Å². The number of para-hydroxylation sites is 2. The molecule has 1 aromatic heterocycles. The van der Waals surface area contributed by atoms with Crippen LogP contribution in [0.2, 0.25) is 0 Å². The summed E-state index contributed by atoms with van der Waals surface area (Å²) >= 11 is 0. The smallest absolute Gasteiger partial charge is 0.246 e. The molecule has 4 nitrogen and oxygen atoms in total. The first kappa shape index (κ1) is 11.5. The van der Waals surface area contributed by atoms with Crippen molar-refractivity contribution in [3.8, 4) is 17.4 Å². The van der Waals surface area contributed by atoms with Crippen molar-refractivity contribution in [2.45, 2.75) is 6.92 Å². The molecule has 94 valence electrons. The number of aromatic hydroxyl groups is 1. The lowest BCUT2D eigenvalue weighted by atomic mass is 10.1. The Morgan fingerprint density at radius 1 is 0.895 bits per heavy atom. The van der Waals surface area contributed by atoms with Crippen LogP contribution in [-0.2, 0) is 0 Å². The number of phenols is 1. The average Bonchev–Trinajstić information content (AvgIpc) is 2.44. The van der Waals surface area contributed by atoms with E-state index in [2.05, 4.69) is 10.2 Å². The quantitative estimate of drug-likeness (QED) is 0.759. The van der Waals surface area contributed by atoms with E-state index in [1.807, 2.05) is 31.2 Å². The van der Waals surface area contributed by atoms with Gasteiger partial charge in [0, 0.05) is 10.8 Å². The van der Waals surface area contributed by atoms with E-state index >= 15 is 0 Å². The van der Waals surface area contributed by atoms with Crippen molar-refractivity contribution >= 4 is 10.8 Å². The van der Waals surface area contributed by atoms with Crippen LogP contribution in [0.1, 0.15) is 5.69 Å². The van der Waals surface area contributed by atoms with Crippen LogP contribution in [0, 0.1) is 6.92 Å². The van der Waals surface area contributed by atoms with Crippen LogP contribution in [-0.4, -0.2) is 15.3 Å². The largest absolute Gasteiger partial charge is 0.504 e. The minimum Gasteiger partial charge on any atom is -0.504 e. The van der Waals surface area contributed by atoms with E-state index in [9.17, 15) is 5.11 Å². The predicted octanol–water partition coefficient (Wildman–Crippen LogP) is 3.44. The van der Waals surface area contributed by atoms with Crippen LogP contribution >= 0.6 is 0 Å². The van der Waals surface area contributed by atoms with E-state index in [-0.39, 0.29) is 5.75 Å². The highest BCUT2D eigenvalue weighted by atomic mass is 16.5. The normalized spacial score (nSPS) is 10.6. The van der Waals surface area contributed by atoms with Gasteiger partial charge in [0.25, 0.3) is 0 Å². The molecule has 0 aliphatic rings. The van der Waals surface area contributed by atoms with E-state index in [0.29, 0.717) is 11.6 Å². The van der Waals surface area contributed by atoms with Gasteiger partial charge in [-0.05, 0) is 25.1 Å². The lowest BCUT2D eigenvalue weighted by molar-refractivity contribution is 0.402. The number of aromatic nitrogens is 2. The number of nitrogens with zero attached hydrogens (tertiary/aromatic N) is 2. The highest BCUT2D eigenvalue weighted by molar-refractivity contribution is 5.88. The third kappa shape index (κ3) is 2.08. The Labute approximate surface area is 110 Å².